The normalized spacial score (nSPS) is 10.1. The summed E-state index contributed by atoms with van der Waals surface area (Å²) in [6.07, 6.45) is 0. The number of anilines is 1. The second-order valence-corrected chi connectivity index (χ2v) is 5.09. The Morgan fingerprint density at radius 2 is 1.78 bits per heavy atom. The standard InChI is InChI=1S/C18H22N2O3/c1-5-20(14-8-6-13(2)7-9-14)19-18(21)16-12-15(22-3)10-11-17(16)23-4/h6-12H,5H2,1-4H3,(H,19,21). The van der Waals surface area contributed by atoms with Gasteiger partial charge >= 0.3 is 0 Å². The van der Waals surface area contributed by atoms with Crippen LogP contribution < -0.4 is 19.9 Å². The Morgan fingerprint density at radius 3 is 2.35 bits per heavy atom. The first-order valence-electron chi connectivity index (χ1n) is 7.46. The monoisotopic (exact) mass is 314 g/mol. The molecule has 5 nitrogen and oxygen atoms in total. The van der Waals surface area contributed by atoms with Gasteiger partial charge in [0.15, 0.2) is 0 Å². The molecule has 1 amide bonds. The van der Waals surface area contributed by atoms with E-state index in [9.17, 15) is 4.79 Å². The highest BCUT2D eigenvalue weighted by Crippen LogP contribution is 2.24. The first kappa shape index (κ1) is 16.7. The highest BCUT2D eigenvalue weighted by molar-refractivity contribution is 5.98. The Balaban J connectivity index is 2.24. The van der Waals surface area contributed by atoms with E-state index in [2.05, 4.69) is 5.43 Å². The van der Waals surface area contributed by atoms with Gasteiger partial charge in [-0.1, -0.05) is 17.7 Å². The lowest BCUT2D eigenvalue weighted by molar-refractivity contribution is 0.0946. The summed E-state index contributed by atoms with van der Waals surface area (Å²) in [6.45, 7) is 4.64. The smallest absolute Gasteiger partial charge is 0.273 e. The summed E-state index contributed by atoms with van der Waals surface area (Å²) in [5, 5.41) is 1.79. The molecule has 23 heavy (non-hydrogen) atoms. The second-order valence-electron chi connectivity index (χ2n) is 5.09. The highest BCUT2D eigenvalue weighted by atomic mass is 16.5. The maximum absolute atomic E-state index is 12.6. The van der Waals surface area contributed by atoms with E-state index in [1.54, 1.807) is 30.3 Å². The van der Waals surface area contributed by atoms with Gasteiger partial charge in [-0.3, -0.25) is 15.2 Å². The molecule has 0 aliphatic heterocycles. The Bertz CT molecular complexity index is 668. The number of ether oxygens (including phenoxy) is 2. The van der Waals surface area contributed by atoms with Crippen molar-refractivity contribution in [2.24, 2.45) is 0 Å². The van der Waals surface area contributed by atoms with E-state index in [4.69, 9.17) is 9.47 Å². The van der Waals surface area contributed by atoms with E-state index in [0.717, 1.165) is 5.69 Å². The molecule has 5 heteroatoms. The van der Waals surface area contributed by atoms with Crippen LogP contribution in [-0.4, -0.2) is 26.7 Å². The molecule has 122 valence electrons. The minimum Gasteiger partial charge on any atom is -0.497 e. The Hall–Kier alpha value is -2.69. The van der Waals surface area contributed by atoms with Crippen LogP contribution in [0, 0.1) is 6.92 Å². The molecule has 0 aliphatic carbocycles. The molecule has 0 spiro atoms. The summed E-state index contributed by atoms with van der Waals surface area (Å²) in [5.41, 5.74) is 5.43. The highest BCUT2D eigenvalue weighted by Gasteiger charge is 2.16. The van der Waals surface area contributed by atoms with Crippen LogP contribution in [0.4, 0.5) is 5.69 Å². The fraction of sp³-hybridized carbons (Fsp3) is 0.278. The molecular formula is C18H22N2O3. The van der Waals surface area contributed by atoms with Crippen LogP contribution in [0.3, 0.4) is 0 Å². The van der Waals surface area contributed by atoms with Crippen molar-refractivity contribution < 1.29 is 14.3 Å². The van der Waals surface area contributed by atoms with Gasteiger partial charge in [-0.2, -0.15) is 0 Å². The van der Waals surface area contributed by atoms with Crippen molar-refractivity contribution >= 4 is 11.6 Å². The summed E-state index contributed by atoms with van der Waals surface area (Å²) in [7, 11) is 3.10. The number of nitrogens with one attached hydrogen (secondary N) is 1. The summed E-state index contributed by atoms with van der Waals surface area (Å²) in [5.74, 6) is 0.862. The predicted octanol–water partition coefficient (Wildman–Crippen LogP) is 3.18. The minimum atomic E-state index is -0.247. The number of hydrazine groups is 1. The van der Waals surface area contributed by atoms with Gasteiger partial charge < -0.3 is 9.47 Å². The maximum atomic E-state index is 12.6. The SMILES string of the molecule is CCN(NC(=O)c1cc(OC)ccc1OC)c1ccc(C)cc1. The van der Waals surface area contributed by atoms with E-state index in [1.165, 1.54) is 12.7 Å². The lowest BCUT2D eigenvalue weighted by atomic mass is 10.1. The predicted molar refractivity (Wildman–Crippen MR) is 91.2 cm³/mol. The molecule has 2 aromatic rings. The molecule has 0 saturated carbocycles. The molecule has 0 aliphatic rings. The van der Waals surface area contributed by atoms with Crippen LogP contribution >= 0.6 is 0 Å². The number of benzene rings is 2. The summed E-state index contributed by atoms with van der Waals surface area (Å²) < 4.78 is 10.5. The van der Waals surface area contributed by atoms with E-state index >= 15 is 0 Å². The Labute approximate surface area is 136 Å². The first-order valence-corrected chi connectivity index (χ1v) is 7.46. The third-order valence-electron chi connectivity index (χ3n) is 3.55. The van der Waals surface area contributed by atoms with Gasteiger partial charge in [0, 0.05) is 6.54 Å². The number of rotatable bonds is 6. The molecule has 0 unspecified atom stereocenters. The third kappa shape index (κ3) is 3.94. The van der Waals surface area contributed by atoms with Gasteiger partial charge in [-0.15, -0.1) is 0 Å². The number of carbonyl (C=O) groups excluding carboxylic acids is 1. The lowest BCUT2D eigenvalue weighted by Gasteiger charge is -2.24. The molecule has 0 fully saturated rings. The molecule has 0 radical (unpaired) electrons. The fourth-order valence-electron chi connectivity index (χ4n) is 2.23. The number of hydrogen-bond acceptors (Lipinski definition) is 4. The number of amides is 1. The van der Waals surface area contributed by atoms with Gasteiger partial charge in [0.05, 0.1) is 25.5 Å². The molecule has 0 aromatic heterocycles. The maximum Gasteiger partial charge on any atom is 0.273 e. The molecule has 2 aromatic carbocycles. The summed E-state index contributed by atoms with van der Waals surface area (Å²) >= 11 is 0. The Kier molecular flexibility index (Phi) is 5.46. The zero-order valence-electron chi connectivity index (χ0n) is 13.9. The van der Waals surface area contributed by atoms with Crippen molar-refractivity contribution in [2.45, 2.75) is 13.8 Å². The summed E-state index contributed by atoms with van der Waals surface area (Å²) in [4.78, 5) is 12.6. The van der Waals surface area contributed by atoms with Gasteiger partial charge in [0.25, 0.3) is 5.91 Å². The molecular weight excluding hydrogens is 292 g/mol. The molecule has 0 atom stereocenters. The van der Waals surface area contributed by atoms with Crippen LogP contribution in [0.15, 0.2) is 42.5 Å². The van der Waals surface area contributed by atoms with Crippen LogP contribution in [0.25, 0.3) is 0 Å². The van der Waals surface area contributed by atoms with Crippen LogP contribution in [0.5, 0.6) is 11.5 Å². The van der Waals surface area contributed by atoms with Crippen LogP contribution in [0.2, 0.25) is 0 Å². The van der Waals surface area contributed by atoms with Gasteiger partial charge in [0.2, 0.25) is 0 Å². The van der Waals surface area contributed by atoms with Crippen molar-refractivity contribution in [3.63, 3.8) is 0 Å². The van der Waals surface area contributed by atoms with E-state index in [0.29, 0.717) is 23.6 Å². The molecule has 0 bridgehead atoms. The van der Waals surface area contributed by atoms with E-state index < -0.39 is 0 Å². The molecule has 1 N–H and O–H groups in total. The van der Waals surface area contributed by atoms with Crippen molar-refractivity contribution in [1.29, 1.82) is 0 Å². The van der Waals surface area contributed by atoms with Crippen molar-refractivity contribution in [2.75, 3.05) is 25.8 Å². The largest absolute Gasteiger partial charge is 0.497 e. The number of aryl methyl sites for hydroxylation is 1. The number of carbonyl (C=O) groups is 1. The van der Waals surface area contributed by atoms with Gasteiger partial charge in [-0.25, -0.2) is 0 Å². The molecule has 0 heterocycles. The molecule has 0 saturated heterocycles. The minimum absolute atomic E-state index is 0.247. The average Bonchev–Trinajstić information content (AvgIpc) is 2.59. The van der Waals surface area contributed by atoms with E-state index in [-0.39, 0.29) is 5.91 Å². The van der Waals surface area contributed by atoms with Crippen molar-refractivity contribution in [3.8, 4) is 11.5 Å². The number of methoxy groups -OCH3 is 2. The van der Waals surface area contributed by atoms with Crippen LogP contribution in [0.1, 0.15) is 22.8 Å². The lowest BCUT2D eigenvalue weighted by Crippen LogP contribution is -2.42. The van der Waals surface area contributed by atoms with Crippen molar-refractivity contribution in [1.82, 2.24) is 5.43 Å². The topological polar surface area (TPSA) is 50.8 Å². The van der Waals surface area contributed by atoms with Gasteiger partial charge in [0.1, 0.15) is 11.5 Å². The van der Waals surface area contributed by atoms with Crippen molar-refractivity contribution in [3.05, 3.63) is 53.6 Å². The molecule has 2 rings (SSSR count). The van der Waals surface area contributed by atoms with E-state index in [1.807, 2.05) is 38.1 Å². The quantitative estimate of drug-likeness (QED) is 0.832. The Morgan fingerprint density at radius 1 is 1.09 bits per heavy atom. The third-order valence-corrected chi connectivity index (χ3v) is 3.55. The van der Waals surface area contributed by atoms with Crippen LogP contribution in [-0.2, 0) is 0 Å². The average molecular weight is 314 g/mol. The zero-order valence-corrected chi connectivity index (χ0v) is 13.9. The second kappa shape index (κ2) is 7.54. The summed E-state index contributed by atoms with van der Waals surface area (Å²) in [6, 6.07) is 13.1. The first-order chi connectivity index (χ1) is 11.1. The van der Waals surface area contributed by atoms with Gasteiger partial charge in [-0.05, 0) is 44.2 Å². The number of nitrogens with zero attached hydrogens (tertiary/aromatic N) is 1. The zero-order chi connectivity index (χ0) is 16.8. The fourth-order valence-corrected chi connectivity index (χ4v) is 2.23. The number of hydrogen-bond donors (Lipinski definition) is 1.